The fourth-order valence-electron chi connectivity index (χ4n) is 1.90. The summed E-state index contributed by atoms with van der Waals surface area (Å²) in [7, 11) is 0. The standard InChI is InChI=1S/C11H23N3O/c1-8(2)14-5-4-10(7-14)6-13-11(15)9(3)12/h8-10H,4-7,12H2,1-3H3,(H,13,15). The molecule has 0 aromatic rings. The molecule has 15 heavy (non-hydrogen) atoms. The minimum atomic E-state index is -0.396. The molecule has 1 rings (SSSR count). The number of hydrogen-bond acceptors (Lipinski definition) is 3. The summed E-state index contributed by atoms with van der Waals surface area (Å²) < 4.78 is 0. The molecule has 2 atom stereocenters. The van der Waals surface area contributed by atoms with Crippen LogP contribution in [0.25, 0.3) is 0 Å². The highest BCUT2D eigenvalue weighted by molar-refractivity contribution is 5.80. The molecular formula is C11H23N3O. The molecule has 4 heteroatoms. The third-order valence-corrected chi connectivity index (χ3v) is 3.03. The van der Waals surface area contributed by atoms with Crippen molar-refractivity contribution < 1.29 is 4.79 Å². The minimum absolute atomic E-state index is 0.0435. The van der Waals surface area contributed by atoms with Crippen molar-refractivity contribution in [1.29, 1.82) is 0 Å². The summed E-state index contributed by atoms with van der Waals surface area (Å²) in [6.45, 7) is 9.15. The fourth-order valence-corrected chi connectivity index (χ4v) is 1.90. The molecule has 0 radical (unpaired) electrons. The molecule has 0 aromatic heterocycles. The van der Waals surface area contributed by atoms with Crippen molar-refractivity contribution in [2.24, 2.45) is 11.7 Å². The number of carbonyl (C=O) groups excluding carboxylic acids is 1. The van der Waals surface area contributed by atoms with E-state index in [4.69, 9.17) is 5.73 Å². The van der Waals surface area contributed by atoms with Crippen LogP contribution in [0.5, 0.6) is 0 Å². The molecule has 3 N–H and O–H groups in total. The van der Waals surface area contributed by atoms with Crippen molar-refractivity contribution in [2.45, 2.75) is 39.3 Å². The number of rotatable bonds is 4. The number of nitrogens with one attached hydrogen (secondary N) is 1. The molecule has 88 valence electrons. The molecule has 1 aliphatic rings. The molecule has 0 bridgehead atoms. The largest absolute Gasteiger partial charge is 0.354 e. The number of nitrogens with zero attached hydrogens (tertiary/aromatic N) is 1. The lowest BCUT2D eigenvalue weighted by atomic mass is 10.1. The Bertz CT molecular complexity index is 216. The predicted molar refractivity (Wildman–Crippen MR) is 61.5 cm³/mol. The molecular weight excluding hydrogens is 190 g/mol. The van der Waals surface area contributed by atoms with Crippen LogP contribution in [-0.2, 0) is 4.79 Å². The molecule has 0 aliphatic carbocycles. The first-order chi connectivity index (χ1) is 7.00. The molecule has 2 unspecified atom stereocenters. The van der Waals surface area contributed by atoms with E-state index in [1.165, 1.54) is 6.42 Å². The summed E-state index contributed by atoms with van der Waals surface area (Å²) in [5.74, 6) is 0.549. The van der Waals surface area contributed by atoms with Crippen molar-refractivity contribution in [2.75, 3.05) is 19.6 Å². The zero-order valence-electron chi connectivity index (χ0n) is 9.99. The van der Waals surface area contributed by atoms with Crippen LogP contribution >= 0.6 is 0 Å². The Morgan fingerprint density at radius 3 is 2.67 bits per heavy atom. The summed E-state index contributed by atoms with van der Waals surface area (Å²) in [4.78, 5) is 13.7. The van der Waals surface area contributed by atoms with Gasteiger partial charge in [0.2, 0.25) is 5.91 Å². The summed E-state index contributed by atoms with van der Waals surface area (Å²) in [5.41, 5.74) is 5.47. The molecule has 0 aromatic carbocycles. The number of amides is 1. The van der Waals surface area contributed by atoms with Gasteiger partial charge in [-0.3, -0.25) is 4.79 Å². The quantitative estimate of drug-likeness (QED) is 0.700. The van der Waals surface area contributed by atoms with E-state index < -0.39 is 6.04 Å². The van der Waals surface area contributed by atoms with Crippen LogP contribution in [0.15, 0.2) is 0 Å². The van der Waals surface area contributed by atoms with Crippen LogP contribution in [0.4, 0.5) is 0 Å². The van der Waals surface area contributed by atoms with Gasteiger partial charge in [-0.25, -0.2) is 0 Å². The smallest absolute Gasteiger partial charge is 0.236 e. The van der Waals surface area contributed by atoms with Crippen LogP contribution in [0.2, 0.25) is 0 Å². The summed E-state index contributed by atoms with van der Waals surface area (Å²) in [6, 6.07) is 0.215. The van der Waals surface area contributed by atoms with Gasteiger partial charge in [-0.1, -0.05) is 0 Å². The van der Waals surface area contributed by atoms with Gasteiger partial charge in [0.1, 0.15) is 0 Å². The van der Waals surface area contributed by atoms with Crippen LogP contribution in [-0.4, -0.2) is 42.5 Å². The van der Waals surface area contributed by atoms with E-state index in [9.17, 15) is 4.79 Å². The van der Waals surface area contributed by atoms with Crippen LogP contribution in [0.3, 0.4) is 0 Å². The highest BCUT2D eigenvalue weighted by atomic mass is 16.2. The maximum absolute atomic E-state index is 11.3. The third-order valence-electron chi connectivity index (χ3n) is 3.03. The van der Waals surface area contributed by atoms with E-state index in [0.717, 1.165) is 19.6 Å². The molecule has 1 fully saturated rings. The van der Waals surface area contributed by atoms with Crippen LogP contribution in [0, 0.1) is 5.92 Å². The molecule has 4 nitrogen and oxygen atoms in total. The van der Waals surface area contributed by atoms with Gasteiger partial charge in [0, 0.05) is 19.1 Å². The highest BCUT2D eigenvalue weighted by Gasteiger charge is 2.24. The molecule has 0 saturated carbocycles. The van der Waals surface area contributed by atoms with Crippen LogP contribution in [0.1, 0.15) is 27.2 Å². The minimum Gasteiger partial charge on any atom is -0.354 e. The normalized spacial score (nSPS) is 24.5. The average molecular weight is 213 g/mol. The first-order valence-corrected chi connectivity index (χ1v) is 5.78. The summed E-state index contributed by atoms with van der Waals surface area (Å²) >= 11 is 0. The zero-order valence-corrected chi connectivity index (χ0v) is 9.99. The van der Waals surface area contributed by atoms with Crippen LogP contribution < -0.4 is 11.1 Å². The van der Waals surface area contributed by atoms with Gasteiger partial charge >= 0.3 is 0 Å². The summed E-state index contributed by atoms with van der Waals surface area (Å²) in [6.07, 6.45) is 1.18. The second-order valence-corrected chi connectivity index (χ2v) is 4.78. The molecule has 1 amide bonds. The van der Waals surface area contributed by atoms with E-state index >= 15 is 0 Å². The predicted octanol–water partition coefficient (Wildman–Crippen LogP) is 0.180. The van der Waals surface area contributed by atoms with Crippen molar-refractivity contribution in [3.8, 4) is 0 Å². The van der Waals surface area contributed by atoms with E-state index in [2.05, 4.69) is 24.1 Å². The Morgan fingerprint density at radius 2 is 2.20 bits per heavy atom. The van der Waals surface area contributed by atoms with Gasteiger partial charge in [0.25, 0.3) is 0 Å². The van der Waals surface area contributed by atoms with Crippen molar-refractivity contribution in [3.63, 3.8) is 0 Å². The molecule has 1 heterocycles. The van der Waals surface area contributed by atoms with E-state index in [1.807, 2.05) is 0 Å². The van der Waals surface area contributed by atoms with Crippen molar-refractivity contribution in [1.82, 2.24) is 10.2 Å². The number of carbonyl (C=O) groups is 1. The zero-order chi connectivity index (χ0) is 11.4. The number of likely N-dealkylation sites (tertiary alicyclic amines) is 1. The Kier molecular flexibility index (Phi) is 4.54. The second kappa shape index (κ2) is 5.47. The van der Waals surface area contributed by atoms with Crippen molar-refractivity contribution in [3.05, 3.63) is 0 Å². The maximum atomic E-state index is 11.3. The van der Waals surface area contributed by atoms with E-state index in [1.54, 1.807) is 6.92 Å². The molecule has 0 spiro atoms. The fraction of sp³-hybridized carbons (Fsp3) is 0.909. The Labute approximate surface area is 92.2 Å². The van der Waals surface area contributed by atoms with Gasteiger partial charge in [0.05, 0.1) is 6.04 Å². The van der Waals surface area contributed by atoms with Gasteiger partial charge in [-0.15, -0.1) is 0 Å². The highest BCUT2D eigenvalue weighted by Crippen LogP contribution is 2.17. The lowest BCUT2D eigenvalue weighted by molar-refractivity contribution is -0.122. The monoisotopic (exact) mass is 213 g/mol. The Hall–Kier alpha value is -0.610. The van der Waals surface area contributed by atoms with E-state index in [-0.39, 0.29) is 5.91 Å². The van der Waals surface area contributed by atoms with E-state index in [0.29, 0.717) is 12.0 Å². The molecule has 1 aliphatic heterocycles. The average Bonchev–Trinajstić information content (AvgIpc) is 2.62. The lowest BCUT2D eigenvalue weighted by Gasteiger charge is -2.20. The Morgan fingerprint density at radius 1 is 1.53 bits per heavy atom. The third kappa shape index (κ3) is 3.80. The molecule has 1 saturated heterocycles. The Balaban J connectivity index is 2.22. The number of nitrogens with two attached hydrogens (primary N) is 1. The second-order valence-electron chi connectivity index (χ2n) is 4.78. The summed E-state index contributed by atoms with van der Waals surface area (Å²) in [5, 5.41) is 2.89. The SMILES string of the molecule is CC(N)C(=O)NCC1CCN(C(C)C)C1. The van der Waals surface area contributed by atoms with Crippen molar-refractivity contribution >= 4 is 5.91 Å². The first-order valence-electron chi connectivity index (χ1n) is 5.78. The lowest BCUT2D eigenvalue weighted by Crippen LogP contribution is -2.41. The number of hydrogen-bond donors (Lipinski definition) is 2. The first kappa shape index (κ1) is 12.5. The van der Waals surface area contributed by atoms with Gasteiger partial charge in [-0.2, -0.15) is 0 Å². The van der Waals surface area contributed by atoms with Gasteiger partial charge < -0.3 is 16.0 Å². The topological polar surface area (TPSA) is 58.4 Å². The van der Waals surface area contributed by atoms with Gasteiger partial charge in [-0.05, 0) is 39.7 Å². The maximum Gasteiger partial charge on any atom is 0.236 e. The van der Waals surface area contributed by atoms with Gasteiger partial charge in [0.15, 0.2) is 0 Å².